The first-order valence-corrected chi connectivity index (χ1v) is 6.70. The first kappa shape index (κ1) is 13.2. The van der Waals surface area contributed by atoms with Gasteiger partial charge in [0.05, 0.1) is 7.11 Å². The zero-order valence-electron chi connectivity index (χ0n) is 12.0. The summed E-state index contributed by atoms with van der Waals surface area (Å²) in [5.41, 5.74) is 2.77. The smallest absolute Gasteiger partial charge is 0.119 e. The Morgan fingerprint density at radius 3 is 2.61 bits per heavy atom. The molecule has 3 nitrogen and oxygen atoms in total. The van der Waals surface area contributed by atoms with E-state index in [1.165, 1.54) is 11.3 Å². The topological polar surface area (TPSA) is 24.5 Å². The molecule has 0 fully saturated rings. The maximum atomic E-state index is 5.36. The Bertz CT molecular complexity index is 417. The zero-order chi connectivity index (χ0) is 13.3. The summed E-state index contributed by atoms with van der Waals surface area (Å²) in [6.07, 6.45) is 0. The van der Waals surface area contributed by atoms with Gasteiger partial charge in [0.15, 0.2) is 0 Å². The molecule has 2 unspecified atom stereocenters. The van der Waals surface area contributed by atoms with Gasteiger partial charge in [-0.1, -0.05) is 0 Å². The second-order valence-corrected chi connectivity index (χ2v) is 5.35. The minimum Gasteiger partial charge on any atom is -0.497 e. The van der Waals surface area contributed by atoms with Crippen molar-refractivity contribution in [3.05, 3.63) is 23.8 Å². The number of nitrogens with one attached hydrogen (secondary N) is 1. The summed E-state index contributed by atoms with van der Waals surface area (Å²) in [6.45, 7) is 7.83. The molecule has 0 bridgehead atoms. The van der Waals surface area contributed by atoms with Gasteiger partial charge in [-0.05, 0) is 51.6 Å². The molecule has 0 amide bonds. The second kappa shape index (κ2) is 5.19. The Hall–Kier alpha value is -1.22. The molecule has 1 heterocycles. The van der Waals surface area contributed by atoms with Gasteiger partial charge in [-0.2, -0.15) is 0 Å². The summed E-state index contributed by atoms with van der Waals surface area (Å²) >= 11 is 0. The van der Waals surface area contributed by atoms with Crippen LogP contribution in [0.15, 0.2) is 18.2 Å². The molecule has 2 rings (SSSR count). The number of anilines is 1. The summed E-state index contributed by atoms with van der Waals surface area (Å²) < 4.78 is 5.36. The van der Waals surface area contributed by atoms with Crippen LogP contribution in [0.1, 0.15) is 32.3 Å². The Labute approximate surface area is 110 Å². The van der Waals surface area contributed by atoms with Crippen LogP contribution >= 0.6 is 0 Å². The van der Waals surface area contributed by atoms with E-state index in [0.29, 0.717) is 18.0 Å². The third kappa shape index (κ3) is 2.19. The Balaban J connectivity index is 2.41. The van der Waals surface area contributed by atoms with Crippen molar-refractivity contribution in [2.24, 2.45) is 0 Å². The second-order valence-electron chi connectivity index (χ2n) is 5.35. The van der Waals surface area contributed by atoms with Crippen LogP contribution in [0.5, 0.6) is 5.75 Å². The standard InChI is InChI=1S/C15H24N2O/c1-10(2)17-9-14(11(3)16-4)13-8-12(18-5)6-7-15(13)17/h6-8,10-11,14,16H,9H2,1-5H3. The maximum absolute atomic E-state index is 5.36. The van der Waals surface area contributed by atoms with Crippen LogP contribution in [0.3, 0.4) is 0 Å². The average molecular weight is 248 g/mol. The van der Waals surface area contributed by atoms with E-state index < -0.39 is 0 Å². The SMILES string of the molecule is CNC(C)C1CN(C(C)C)c2ccc(OC)cc21. The van der Waals surface area contributed by atoms with Crippen molar-refractivity contribution < 1.29 is 4.74 Å². The van der Waals surface area contributed by atoms with Crippen LogP contribution < -0.4 is 15.0 Å². The molecule has 2 atom stereocenters. The van der Waals surface area contributed by atoms with Gasteiger partial charge in [0.2, 0.25) is 0 Å². The van der Waals surface area contributed by atoms with E-state index in [0.717, 1.165) is 12.3 Å². The molecule has 1 N–H and O–H groups in total. The molecule has 0 aliphatic carbocycles. The van der Waals surface area contributed by atoms with E-state index in [1.807, 2.05) is 7.05 Å². The highest BCUT2D eigenvalue weighted by Gasteiger charge is 2.33. The highest BCUT2D eigenvalue weighted by molar-refractivity contribution is 5.63. The minimum atomic E-state index is 0.472. The summed E-state index contributed by atoms with van der Waals surface area (Å²) in [5.74, 6) is 1.48. The van der Waals surface area contributed by atoms with Gasteiger partial charge < -0.3 is 15.0 Å². The summed E-state index contributed by atoms with van der Waals surface area (Å²) in [6, 6.07) is 7.44. The highest BCUT2D eigenvalue weighted by Crippen LogP contribution is 2.40. The van der Waals surface area contributed by atoms with Crippen LogP contribution in [0.4, 0.5) is 5.69 Å². The van der Waals surface area contributed by atoms with Crippen molar-refractivity contribution in [1.29, 1.82) is 0 Å². The third-order valence-corrected chi connectivity index (χ3v) is 4.02. The number of fused-ring (bicyclic) bond motifs is 1. The number of methoxy groups -OCH3 is 1. The fourth-order valence-corrected chi connectivity index (χ4v) is 2.74. The summed E-state index contributed by atoms with van der Waals surface area (Å²) in [5, 5.41) is 3.38. The number of ether oxygens (including phenoxy) is 1. The monoisotopic (exact) mass is 248 g/mol. The van der Waals surface area contributed by atoms with Crippen molar-refractivity contribution in [3.8, 4) is 5.75 Å². The number of hydrogen-bond donors (Lipinski definition) is 1. The van der Waals surface area contributed by atoms with E-state index in [-0.39, 0.29) is 0 Å². The molecule has 1 aromatic rings. The largest absolute Gasteiger partial charge is 0.497 e. The van der Waals surface area contributed by atoms with Crippen LogP contribution in [0.25, 0.3) is 0 Å². The lowest BCUT2D eigenvalue weighted by atomic mass is 9.94. The van der Waals surface area contributed by atoms with Crippen LogP contribution in [0, 0.1) is 0 Å². The van der Waals surface area contributed by atoms with Gasteiger partial charge in [-0.25, -0.2) is 0 Å². The molecular weight excluding hydrogens is 224 g/mol. The first-order valence-electron chi connectivity index (χ1n) is 6.70. The maximum Gasteiger partial charge on any atom is 0.119 e. The number of hydrogen-bond acceptors (Lipinski definition) is 3. The molecule has 1 aliphatic rings. The quantitative estimate of drug-likeness (QED) is 0.886. The summed E-state index contributed by atoms with van der Waals surface area (Å²) in [4.78, 5) is 2.48. The molecule has 18 heavy (non-hydrogen) atoms. The predicted octanol–water partition coefficient (Wildman–Crippen LogP) is 2.62. The molecule has 0 spiro atoms. The fraction of sp³-hybridized carbons (Fsp3) is 0.600. The molecule has 1 aliphatic heterocycles. The Morgan fingerprint density at radius 1 is 1.33 bits per heavy atom. The van der Waals surface area contributed by atoms with E-state index in [9.17, 15) is 0 Å². The number of likely N-dealkylation sites (N-methyl/N-ethyl adjacent to an activating group) is 1. The van der Waals surface area contributed by atoms with E-state index >= 15 is 0 Å². The van der Waals surface area contributed by atoms with E-state index in [4.69, 9.17) is 4.74 Å². The van der Waals surface area contributed by atoms with Gasteiger partial charge in [-0.3, -0.25) is 0 Å². The number of nitrogens with zero attached hydrogens (tertiary/aromatic N) is 1. The molecule has 1 aromatic carbocycles. The van der Waals surface area contributed by atoms with Crippen molar-refractivity contribution in [2.75, 3.05) is 25.6 Å². The van der Waals surface area contributed by atoms with Crippen molar-refractivity contribution in [1.82, 2.24) is 5.32 Å². The third-order valence-electron chi connectivity index (χ3n) is 4.02. The molecule has 0 saturated heterocycles. The summed E-state index contributed by atoms with van der Waals surface area (Å²) in [7, 11) is 3.76. The molecule has 0 aromatic heterocycles. The number of benzene rings is 1. The van der Waals surface area contributed by atoms with Crippen LogP contribution in [0.2, 0.25) is 0 Å². The van der Waals surface area contributed by atoms with Crippen LogP contribution in [-0.2, 0) is 0 Å². The van der Waals surface area contributed by atoms with Gasteiger partial charge >= 0.3 is 0 Å². The highest BCUT2D eigenvalue weighted by atomic mass is 16.5. The lowest BCUT2D eigenvalue weighted by molar-refractivity contribution is 0.413. The number of rotatable bonds is 4. The molecular formula is C15H24N2O. The Morgan fingerprint density at radius 2 is 2.06 bits per heavy atom. The van der Waals surface area contributed by atoms with Gasteiger partial charge in [0.25, 0.3) is 0 Å². The normalized spacial score (nSPS) is 20.1. The predicted molar refractivity (Wildman–Crippen MR) is 76.7 cm³/mol. The lowest BCUT2D eigenvalue weighted by Crippen LogP contribution is -2.35. The van der Waals surface area contributed by atoms with E-state index in [2.05, 4.69) is 49.2 Å². The van der Waals surface area contributed by atoms with Crippen molar-refractivity contribution >= 4 is 5.69 Å². The van der Waals surface area contributed by atoms with Crippen molar-refractivity contribution in [2.45, 2.75) is 38.8 Å². The van der Waals surface area contributed by atoms with E-state index in [1.54, 1.807) is 7.11 Å². The van der Waals surface area contributed by atoms with Crippen molar-refractivity contribution in [3.63, 3.8) is 0 Å². The molecule has 0 radical (unpaired) electrons. The molecule has 3 heteroatoms. The average Bonchev–Trinajstić information content (AvgIpc) is 2.76. The van der Waals surface area contributed by atoms with Gasteiger partial charge in [0, 0.05) is 30.2 Å². The molecule has 100 valence electrons. The fourth-order valence-electron chi connectivity index (χ4n) is 2.74. The molecule has 0 saturated carbocycles. The zero-order valence-corrected chi connectivity index (χ0v) is 12.0. The van der Waals surface area contributed by atoms with Gasteiger partial charge in [0.1, 0.15) is 5.75 Å². The minimum absolute atomic E-state index is 0.472. The Kier molecular flexibility index (Phi) is 3.81. The lowest BCUT2D eigenvalue weighted by Gasteiger charge is -2.25. The van der Waals surface area contributed by atoms with Crippen LogP contribution in [-0.4, -0.2) is 32.8 Å². The van der Waals surface area contributed by atoms with Gasteiger partial charge in [-0.15, -0.1) is 0 Å². The first-order chi connectivity index (χ1) is 8.58.